The first-order valence-electron chi connectivity index (χ1n) is 5.72. The molecule has 1 aromatic rings. The van der Waals surface area contributed by atoms with Crippen molar-refractivity contribution in [1.82, 2.24) is 5.32 Å². The minimum atomic E-state index is -0.105. The predicted molar refractivity (Wildman–Crippen MR) is 60.1 cm³/mol. The SMILES string of the molecule is CCC1CC1NC(C)c1ccccc1F. The van der Waals surface area contributed by atoms with Crippen LogP contribution in [0.1, 0.15) is 38.3 Å². The van der Waals surface area contributed by atoms with E-state index in [1.807, 2.05) is 19.1 Å². The summed E-state index contributed by atoms with van der Waals surface area (Å²) in [6.07, 6.45) is 2.47. The van der Waals surface area contributed by atoms with Gasteiger partial charge in [0.25, 0.3) is 0 Å². The second kappa shape index (κ2) is 4.31. The number of rotatable bonds is 4. The van der Waals surface area contributed by atoms with Crippen molar-refractivity contribution in [2.45, 2.75) is 38.8 Å². The van der Waals surface area contributed by atoms with Gasteiger partial charge in [-0.1, -0.05) is 31.5 Å². The summed E-state index contributed by atoms with van der Waals surface area (Å²) in [5, 5.41) is 3.47. The molecule has 15 heavy (non-hydrogen) atoms. The van der Waals surface area contributed by atoms with Crippen LogP contribution in [0.3, 0.4) is 0 Å². The van der Waals surface area contributed by atoms with E-state index in [2.05, 4.69) is 12.2 Å². The summed E-state index contributed by atoms with van der Waals surface area (Å²) < 4.78 is 13.4. The van der Waals surface area contributed by atoms with Gasteiger partial charge < -0.3 is 5.32 Å². The Morgan fingerprint density at radius 2 is 2.20 bits per heavy atom. The number of benzene rings is 1. The number of hydrogen-bond acceptors (Lipinski definition) is 1. The van der Waals surface area contributed by atoms with Crippen LogP contribution in [-0.4, -0.2) is 6.04 Å². The molecular weight excluding hydrogens is 189 g/mol. The molecule has 0 aliphatic heterocycles. The van der Waals surface area contributed by atoms with Crippen LogP contribution in [0.15, 0.2) is 24.3 Å². The standard InChI is InChI=1S/C13H18FN/c1-3-10-8-13(10)15-9(2)11-6-4-5-7-12(11)14/h4-7,9-10,13,15H,3,8H2,1-2H3. The molecule has 1 N–H and O–H groups in total. The molecule has 1 saturated carbocycles. The summed E-state index contributed by atoms with van der Waals surface area (Å²) in [7, 11) is 0. The summed E-state index contributed by atoms with van der Waals surface area (Å²) in [5.41, 5.74) is 0.777. The van der Waals surface area contributed by atoms with Crippen molar-refractivity contribution in [3.8, 4) is 0 Å². The molecule has 0 radical (unpaired) electrons. The Morgan fingerprint density at radius 3 is 2.80 bits per heavy atom. The molecule has 3 atom stereocenters. The van der Waals surface area contributed by atoms with Gasteiger partial charge >= 0.3 is 0 Å². The normalized spacial score (nSPS) is 26.3. The quantitative estimate of drug-likeness (QED) is 0.799. The third kappa shape index (κ3) is 2.37. The van der Waals surface area contributed by atoms with E-state index >= 15 is 0 Å². The molecular formula is C13H18FN. The number of nitrogens with one attached hydrogen (secondary N) is 1. The van der Waals surface area contributed by atoms with Crippen LogP contribution in [-0.2, 0) is 0 Å². The second-order valence-corrected chi connectivity index (χ2v) is 4.42. The fourth-order valence-corrected chi connectivity index (χ4v) is 2.14. The zero-order chi connectivity index (χ0) is 10.8. The van der Waals surface area contributed by atoms with Gasteiger partial charge in [-0.25, -0.2) is 4.39 Å². The molecule has 2 heteroatoms. The van der Waals surface area contributed by atoms with Crippen LogP contribution in [0.25, 0.3) is 0 Å². The molecule has 1 aromatic carbocycles. The van der Waals surface area contributed by atoms with Gasteiger partial charge in [-0.2, -0.15) is 0 Å². The van der Waals surface area contributed by atoms with E-state index in [1.165, 1.54) is 18.9 Å². The minimum Gasteiger partial charge on any atom is -0.307 e. The molecule has 1 nitrogen and oxygen atoms in total. The van der Waals surface area contributed by atoms with Crippen LogP contribution in [0.4, 0.5) is 4.39 Å². The average molecular weight is 207 g/mol. The van der Waals surface area contributed by atoms with E-state index < -0.39 is 0 Å². The Balaban J connectivity index is 1.97. The smallest absolute Gasteiger partial charge is 0.127 e. The van der Waals surface area contributed by atoms with Crippen molar-refractivity contribution in [1.29, 1.82) is 0 Å². The Bertz CT molecular complexity index is 337. The third-order valence-electron chi connectivity index (χ3n) is 3.28. The van der Waals surface area contributed by atoms with E-state index in [9.17, 15) is 4.39 Å². The van der Waals surface area contributed by atoms with Crippen molar-refractivity contribution in [2.75, 3.05) is 0 Å². The molecule has 1 aliphatic rings. The highest BCUT2D eigenvalue weighted by molar-refractivity contribution is 5.21. The Labute approximate surface area is 90.7 Å². The monoisotopic (exact) mass is 207 g/mol. The van der Waals surface area contributed by atoms with E-state index in [0.29, 0.717) is 6.04 Å². The largest absolute Gasteiger partial charge is 0.307 e. The summed E-state index contributed by atoms with van der Waals surface area (Å²) in [4.78, 5) is 0. The second-order valence-electron chi connectivity index (χ2n) is 4.42. The first kappa shape index (κ1) is 10.6. The van der Waals surface area contributed by atoms with Crippen LogP contribution in [0, 0.1) is 11.7 Å². The maximum absolute atomic E-state index is 13.4. The predicted octanol–water partition coefficient (Wildman–Crippen LogP) is 3.27. The lowest BCUT2D eigenvalue weighted by atomic mass is 10.1. The van der Waals surface area contributed by atoms with Crippen molar-refractivity contribution < 1.29 is 4.39 Å². The van der Waals surface area contributed by atoms with E-state index in [-0.39, 0.29) is 11.9 Å². The van der Waals surface area contributed by atoms with Crippen molar-refractivity contribution >= 4 is 0 Å². The molecule has 0 saturated heterocycles. The number of halogens is 1. The Hall–Kier alpha value is -0.890. The molecule has 3 unspecified atom stereocenters. The molecule has 1 fully saturated rings. The Kier molecular flexibility index (Phi) is 3.06. The lowest BCUT2D eigenvalue weighted by Crippen LogP contribution is -2.23. The third-order valence-corrected chi connectivity index (χ3v) is 3.28. The van der Waals surface area contributed by atoms with Gasteiger partial charge in [-0.05, 0) is 25.3 Å². The first-order chi connectivity index (χ1) is 7.22. The van der Waals surface area contributed by atoms with E-state index in [1.54, 1.807) is 6.07 Å². The molecule has 0 bridgehead atoms. The minimum absolute atomic E-state index is 0.105. The molecule has 0 spiro atoms. The van der Waals surface area contributed by atoms with Gasteiger partial charge in [-0.15, -0.1) is 0 Å². The van der Waals surface area contributed by atoms with Crippen molar-refractivity contribution in [2.24, 2.45) is 5.92 Å². The summed E-state index contributed by atoms with van der Waals surface area (Å²) >= 11 is 0. The summed E-state index contributed by atoms with van der Waals surface area (Å²) in [5.74, 6) is 0.699. The maximum atomic E-state index is 13.4. The highest BCUT2D eigenvalue weighted by atomic mass is 19.1. The zero-order valence-electron chi connectivity index (χ0n) is 9.33. The highest BCUT2D eigenvalue weighted by Gasteiger charge is 2.36. The van der Waals surface area contributed by atoms with Crippen LogP contribution >= 0.6 is 0 Å². The fourth-order valence-electron chi connectivity index (χ4n) is 2.14. The molecule has 0 aromatic heterocycles. The van der Waals surface area contributed by atoms with E-state index in [4.69, 9.17) is 0 Å². The van der Waals surface area contributed by atoms with Crippen molar-refractivity contribution in [3.05, 3.63) is 35.6 Å². The van der Waals surface area contributed by atoms with Gasteiger partial charge in [0.2, 0.25) is 0 Å². The first-order valence-corrected chi connectivity index (χ1v) is 5.72. The van der Waals surface area contributed by atoms with Crippen LogP contribution in [0.2, 0.25) is 0 Å². The van der Waals surface area contributed by atoms with Gasteiger partial charge in [0, 0.05) is 17.6 Å². The van der Waals surface area contributed by atoms with Gasteiger partial charge in [-0.3, -0.25) is 0 Å². The fraction of sp³-hybridized carbons (Fsp3) is 0.538. The van der Waals surface area contributed by atoms with E-state index in [0.717, 1.165) is 11.5 Å². The summed E-state index contributed by atoms with van der Waals surface area (Å²) in [6, 6.07) is 7.73. The summed E-state index contributed by atoms with van der Waals surface area (Å²) in [6.45, 7) is 4.24. The topological polar surface area (TPSA) is 12.0 Å². The van der Waals surface area contributed by atoms with Gasteiger partial charge in [0.1, 0.15) is 5.82 Å². The number of hydrogen-bond donors (Lipinski definition) is 1. The molecule has 0 heterocycles. The van der Waals surface area contributed by atoms with Gasteiger partial charge in [0.05, 0.1) is 0 Å². The van der Waals surface area contributed by atoms with Crippen LogP contribution in [0.5, 0.6) is 0 Å². The molecule has 2 rings (SSSR count). The average Bonchev–Trinajstić information content (AvgIpc) is 2.97. The lowest BCUT2D eigenvalue weighted by Gasteiger charge is -2.14. The molecule has 82 valence electrons. The highest BCUT2D eigenvalue weighted by Crippen LogP contribution is 2.35. The van der Waals surface area contributed by atoms with Crippen LogP contribution < -0.4 is 5.32 Å². The Morgan fingerprint density at radius 1 is 1.47 bits per heavy atom. The molecule has 1 aliphatic carbocycles. The zero-order valence-corrected chi connectivity index (χ0v) is 9.33. The molecule has 0 amide bonds. The van der Waals surface area contributed by atoms with Crippen molar-refractivity contribution in [3.63, 3.8) is 0 Å². The maximum Gasteiger partial charge on any atom is 0.127 e. The van der Waals surface area contributed by atoms with Gasteiger partial charge in [0.15, 0.2) is 0 Å². The lowest BCUT2D eigenvalue weighted by molar-refractivity contribution is 0.508.